The highest BCUT2D eigenvalue weighted by molar-refractivity contribution is 7.21. The standard InChI is InChI=1S/C19H22N2O3S2/c22-18(14-1-8-23-12-14)21-6-3-19(4-7-21)16-13(2-9-24-19)11-15(26-16)17-20-5-10-25-17/h5,10-11,14H,1-4,6-9,12H2. The van der Waals surface area contributed by atoms with Crippen LogP contribution in [0.3, 0.4) is 0 Å². The van der Waals surface area contributed by atoms with Gasteiger partial charge in [-0.25, -0.2) is 4.98 Å². The van der Waals surface area contributed by atoms with Crippen molar-refractivity contribution in [1.29, 1.82) is 0 Å². The number of amides is 1. The summed E-state index contributed by atoms with van der Waals surface area (Å²) < 4.78 is 11.7. The summed E-state index contributed by atoms with van der Waals surface area (Å²) in [5.74, 6) is 0.327. The van der Waals surface area contributed by atoms with Crippen LogP contribution < -0.4 is 0 Å². The number of rotatable bonds is 2. The molecule has 5 heterocycles. The summed E-state index contributed by atoms with van der Waals surface area (Å²) in [7, 11) is 0. The Morgan fingerprint density at radius 1 is 1.31 bits per heavy atom. The van der Waals surface area contributed by atoms with Crippen molar-refractivity contribution in [1.82, 2.24) is 9.88 Å². The summed E-state index contributed by atoms with van der Waals surface area (Å²) in [6, 6.07) is 2.30. The van der Waals surface area contributed by atoms with Crippen LogP contribution in [0.5, 0.6) is 0 Å². The third kappa shape index (κ3) is 2.81. The van der Waals surface area contributed by atoms with Crippen molar-refractivity contribution in [3.8, 4) is 9.88 Å². The van der Waals surface area contributed by atoms with E-state index in [-0.39, 0.29) is 17.4 Å². The number of carbonyl (C=O) groups is 1. The molecule has 1 spiro atoms. The lowest BCUT2D eigenvalue weighted by atomic mass is 9.85. The number of hydrogen-bond acceptors (Lipinski definition) is 6. The van der Waals surface area contributed by atoms with Crippen LogP contribution in [-0.4, -0.2) is 48.7 Å². The molecule has 26 heavy (non-hydrogen) atoms. The third-order valence-electron chi connectivity index (χ3n) is 5.78. The highest BCUT2D eigenvalue weighted by Crippen LogP contribution is 2.47. The molecule has 1 unspecified atom stereocenters. The molecule has 5 nitrogen and oxygen atoms in total. The smallest absolute Gasteiger partial charge is 0.228 e. The van der Waals surface area contributed by atoms with Crippen molar-refractivity contribution in [3.05, 3.63) is 28.1 Å². The van der Waals surface area contributed by atoms with E-state index in [1.54, 1.807) is 11.3 Å². The summed E-state index contributed by atoms with van der Waals surface area (Å²) in [5.41, 5.74) is 1.20. The molecule has 2 fully saturated rings. The van der Waals surface area contributed by atoms with Gasteiger partial charge in [-0.3, -0.25) is 4.79 Å². The summed E-state index contributed by atoms with van der Waals surface area (Å²) in [6.07, 6.45) is 5.47. The molecule has 1 amide bonds. The Labute approximate surface area is 160 Å². The zero-order chi connectivity index (χ0) is 17.6. The van der Waals surface area contributed by atoms with Crippen LogP contribution in [0, 0.1) is 5.92 Å². The number of fused-ring (bicyclic) bond motifs is 2. The number of thiazole rings is 1. The molecule has 1 atom stereocenters. The lowest BCUT2D eigenvalue weighted by Crippen LogP contribution is -2.49. The Bertz CT molecular complexity index is 788. The highest BCUT2D eigenvalue weighted by atomic mass is 32.1. The summed E-state index contributed by atoms with van der Waals surface area (Å²) >= 11 is 3.52. The molecule has 2 saturated heterocycles. The van der Waals surface area contributed by atoms with Gasteiger partial charge in [0.15, 0.2) is 0 Å². The van der Waals surface area contributed by atoms with Gasteiger partial charge < -0.3 is 14.4 Å². The largest absolute Gasteiger partial charge is 0.381 e. The number of thiophene rings is 1. The average Bonchev–Trinajstić information content (AvgIpc) is 3.42. The van der Waals surface area contributed by atoms with Crippen molar-refractivity contribution < 1.29 is 14.3 Å². The minimum absolute atomic E-state index is 0.0603. The number of carbonyl (C=O) groups excluding carboxylic acids is 1. The Morgan fingerprint density at radius 2 is 2.19 bits per heavy atom. The van der Waals surface area contributed by atoms with Crippen LogP contribution in [0.2, 0.25) is 0 Å². The van der Waals surface area contributed by atoms with Crippen LogP contribution in [0.4, 0.5) is 0 Å². The summed E-state index contributed by atoms with van der Waals surface area (Å²) in [4.78, 5) is 21.8. The van der Waals surface area contributed by atoms with E-state index in [0.717, 1.165) is 57.0 Å². The molecule has 2 aromatic heterocycles. The van der Waals surface area contributed by atoms with E-state index < -0.39 is 0 Å². The minimum atomic E-state index is -0.212. The fraction of sp³-hybridized carbons (Fsp3) is 0.579. The molecule has 0 aliphatic carbocycles. The van der Waals surface area contributed by atoms with E-state index in [9.17, 15) is 4.79 Å². The van der Waals surface area contributed by atoms with Gasteiger partial charge in [-0.05, 0) is 37.3 Å². The topological polar surface area (TPSA) is 51.7 Å². The SMILES string of the molecule is O=C(C1CCOC1)N1CCC2(CC1)OCCc1cc(-c3nccs3)sc12. The van der Waals surface area contributed by atoms with Gasteiger partial charge in [-0.2, -0.15) is 0 Å². The zero-order valence-electron chi connectivity index (χ0n) is 14.6. The van der Waals surface area contributed by atoms with Gasteiger partial charge in [0, 0.05) is 36.2 Å². The number of likely N-dealkylation sites (tertiary alicyclic amines) is 1. The van der Waals surface area contributed by atoms with Crippen molar-refractivity contribution in [3.63, 3.8) is 0 Å². The summed E-state index contributed by atoms with van der Waals surface area (Å²) in [6.45, 7) is 3.63. The van der Waals surface area contributed by atoms with Crippen molar-refractivity contribution in [2.75, 3.05) is 32.9 Å². The second-order valence-electron chi connectivity index (χ2n) is 7.28. The van der Waals surface area contributed by atoms with E-state index in [2.05, 4.69) is 11.1 Å². The molecule has 3 aliphatic rings. The maximum absolute atomic E-state index is 12.7. The van der Waals surface area contributed by atoms with Gasteiger partial charge in [0.1, 0.15) is 10.6 Å². The third-order valence-corrected chi connectivity index (χ3v) is 8.08. The maximum Gasteiger partial charge on any atom is 0.228 e. The number of nitrogens with zero attached hydrogens (tertiary/aromatic N) is 2. The normalized spacial score (nSPS) is 24.8. The lowest BCUT2D eigenvalue weighted by molar-refractivity contribution is -0.144. The first kappa shape index (κ1) is 16.9. The molecule has 0 N–H and O–H groups in total. The minimum Gasteiger partial charge on any atom is -0.381 e. The maximum atomic E-state index is 12.7. The lowest BCUT2D eigenvalue weighted by Gasteiger charge is -2.44. The average molecular weight is 391 g/mol. The molecule has 5 rings (SSSR count). The molecule has 0 saturated carbocycles. The Hall–Kier alpha value is -1.28. The van der Waals surface area contributed by atoms with Crippen molar-refractivity contribution >= 4 is 28.6 Å². The first-order valence-corrected chi connectivity index (χ1v) is 11.0. The van der Waals surface area contributed by atoms with Crippen molar-refractivity contribution in [2.45, 2.75) is 31.3 Å². The fourth-order valence-corrected chi connectivity index (χ4v) is 6.44. The van der Waals surface area contributed by atoms with Gasteiger partial charge in [0.05, 0.1) is 24.0 Å². The Morgan fingerprint density at radius 3 is 2.92 bits per heavy atom. The first-order valence-electron chi connectivity index (χ1n) is 9.29. The van der Waals surface area contributed by atoms with Crippen LogP contribution in [-0.2, 0) is 26.3 Å². The van der Waals surface area contributed by atoms with E-state index in [1.807, 2.05) is 27.8 Å². The van der Waals surface area contributed by atoms with Gasteiger partial charge in [-0.15, -0.1) is 22.7 Å². The second-order valence-corrected chi connectivity index (χ2v) is 9.23. The quantitative estimate of drug-likeness (QED) is 0.790. The predicted octanol–water partition coefficient (Wildman–Crippen LogP) is 3.30. The molecule has 0 bridgehead atoms. The van der Waals surface area contributed by atoms with Crippen LogP contribution in [0.1, 0.15) is 29.7 Å². The molecular formula is C19H22N2O3S2. The number of aromatic nitrogens is 1. The van der Waals surface area contributed by atoms with Gasteiger partial charge >= 0.3 is 0 Å². The van der Waals surface area contributed by atoms with Crippen LogP contribution in [0.25, 0.3) is 9.88 Å². The van der Waals surface area contributed by atoms with E-state index in [0.29, 0.717) is 6.61 Å². The van der Waals surface area contributed by atoms with Gasteiger partial charge in [-0.1, -0.05) is 0 Å². The van der Waals surface area contributed by atoms with E-state index in [4.69, 9.17) is 9.47 Å². The van der Waals surface area contributed by atoms with Crippen LogP contribution >= 0.6 is 22.7 Å². The molecule has 7 heteroatoms. The summed E-state index contributed by atoms with van der Waals surface area (Å²) in [5, 5.41) is 3.12. The number of hydrogen-bond donors (Lipinski definition) is 0. The van der Waals surface area contributed by atoms with Crippen molar-refractivity contribution in [2.24, 2.45) is 5.92 Å². The molecule has 0 radical (unpaired) electrons. The van der Waals surface area contributed by atoms with Gasteiger partial charge in [0.25, 0.3) is 0 Å². The Kier molecular flexibility index (Phi) is 4.35. The molecule has 138 valence electrons. The monoisotopic (exact) mass is 390 g/mol. The highest BCUT2D eigenvalue weighted by Gasteiger charge is 2.44. The predicted molar refractivity (Wildman–Crippen MR) is 102 cm³/mol. The number of piperidine rings is 1. The zero-order valence-corrected chi connectivity index (χ0v) is 16.2. The molecule has 2 aromatic rings. The molecule has 3 aliphatic heterocycles. The Balaban J connectivity index is 1.36. The van der Waals surface area contributed by atoms with E-state index in [1.165, 1.54) is 15.3 Å². The number of ether oxygens (including phenoxy) is 2. The van der Waals surface area contributed by atoms with E-state index >= 15 is 0 Å². The molecule has 0 aromatic carbocycles. The fourth-order valence-electron chi connectivity index (χ4n) is 4.32. The first-order chi connectivity index (χ1) is 12.8. The van der Waals surface area contributed by atoms with Gasteiger partial charge in [0.2, 0.25) is 5.91 Å². The van der Waals surface area contributed by atoms with Crippen LogP contribution in [0.15, 0.2) is 17.6 Å². The second kappa shape index (κ2) is 6.71. The molecular weight excluding hydrogens is 368 g/mol.